The standard InChI is InChI=1S/C9H13NO3/c1-5(11)13-6-3-7-8(4-6)10(2)9(7)12/h6-8H,3-4H2,1-2H3/t6-,7-,8+/m1/s1. The fourth-order valence-corrected chi connectivity index (χ4v) is 2.34. The predicted octanol–water partition coefficient (Wildman–Crippen LogP) is 0.169. The Bertz CT molecular complexity index is 264. The van der Waals surface area contributed by atoms with Crippen molar-refractivity contribution >= 4 is 11.9 Å². The van der Waals surface area contributed by atoms with Crippen molar-refractivity contribution in [3.63, 3.8) is 0 Å². The lowest BCUT2D eigenvalue weighted by atomic mass is 9.92. The number of likely N-dealkylation sites (tertiary alicyclic amines) is 1. The number of amides is 1. The first-order valence-corrected chi connectivity index (χ1v) is 4.53. The van der Waals surface area contributed by atoms with Crippen LogP contribution in [0.3, 0.4) is 0 Å². The molecule has 13 heavy (non-hydrogen) atoms. The number of fused-ring (bicyclic) bond motifs is 1. The number of carbonyl (C=O) groups is 2. The molecule has 0 spiro atoms. The van der Waals surface area contributed by atoms with Crippen LogP contribution in [0, 0.1) is 5.92 Å². The summed E-state index contributed by atoms with van der Waals surface area (Å²) in [5.41, 5.74) is 0. The number of hydrogen-bond acceptors (Lipinski definition) is 3. The van der Waals surface area contributed by atoms with Crippen LogP contribution >= 0.6 is 0 Å². The van der Waals surface area contributed by atoms with Gasteiger partial charge in [-0.2, -0.15) is 0 Å². The molecule has 0 aromatic heterocycles. The fourth-order valence-electron chi connectivity index (χ4n) is 2.34. The van der Waals surface area contributed by atoms with Gasteiger partial charge in [0, 0.05) is 26.4 Å². The van der Waals surface area contributed by atoms with Crippen molar-refractivity contribution in [1.82, 2.24) is 4.90 Å². The van der Waals surface area contributed by atoms with Gasteiger partial charge in [0.2, 0.25) is 5.91 Å². The summed E-state index contributed by atoms with van der Waals surface area (Å²) in [4.78, 5) is 23.7. The molecule has 4 nitrogen and oxygen atoms in total. The Morgan fingerprint density at radius 2 is 2.23 bits per heavy atom. The van der Waals surface area contributed by atoms with E-state index in [1.807, 2.05) is 0 Å². The Morgan fingerprint density at radius 3 is 2.77 bits per heavy atom. The number of ether oxygens (including phenoxy) is 1. The van der Waals surface area contributed by atoms with E-state index in [-0.39, 0.29) is 23.9 Å². The van der Waals surface area contributed by atoms with Gasteiger partial charge < -0.3 is 9.64 Å². The number of esters is 1. The molecular weight excluding hydrogens is 170 g/mol. The van der Waals surface area contributed by atoms with Gasteiger partial charge >= 0.3 is 5.97 Å². The second kappa shape index (κ2) is 2.72. The maximum atomic E-state index is 11.3. The summed E-state index contributed by atoms with van der Waals surface area (Å²) >= 11 is 0. The van der Waals surface area contributed by atoms with Gasteiger partial charge in [-0.25, -0.2) is 0 Å². The van der Waals surface area contributed by atoms with E-state index in [9.17, 15) is 9.59 Å². The third-order valence-corrected chi connectivity index (χ3v) is 2.98. The lowest BCUT2D eigenvalue weighted by Gasteiger charge is -2.40. The summed E-state index contributed by atoms with van der Waals surface area (Å²) in [6.45, 7) is 1.41. The highest BCUT2D eigenvalue weighted by atomic mass is 16.5. The van der Waals surface area contributed by atoms with E-state index < -0.39 is 0 Å². The van der Waals surface area contributed by atoms with Crippen molar-refractivity contribution in [2.75, 3.05) is 7.05 Å². The van der Waals surface area contributed by atoms with Gasteiger partial charge in [0.1, 0.15) is 6.10 Å². The summed E-state index contributed by atoms with van der Waals surface area (Å²) in [6, 6.07) is 0.317. The minimum atomic E-state index is -0.249. The van der Waals surface area contributed by atoms with Crippen molar-refractivity contribution in [2.45, 2.75) is 31.9 Å². The van der Waals surface area contributed by atoms with Gasteiger partial charge in [-0.05, 0) is 6.42 Å². The average molecular weight is 183 g/mol. The molecule has 0 N–H and O–H groups in total. The summed E-state index contributed by atoms with van der Waals surface area (Å²) in [6.07, 6.45) is 1.49. The molecule has 4 heteroatoms. The molecule has 0 bridgehead atoms. The molecule has 1 heterocycles. The summed E-state index contributed by atoms with van der Waals surface area (Å²) in [7, 11) is 1.81. The zero-order valence-corrected chi connectivity index (χ0v) is 7.82. The Hall–Kier alpha value is -1.06. The van der Waals surface area contributed by atoms with Gasteiger partial charge in [0.15, 0.2) is 0 Å². The van der Waals surface area contributed by atoms with Crippen LogP contribution in [-0.4, -0.2) is 36.0 Å². The molecule has 2 fully saturated rings. The zero-order chi connectivity index (χ0) is 9.59. The van der Waals surface area contributed by atoms with Gasteiger partial charge in [0.05, 0.1) is 5.92 Å². The smallest absolute Gasteiger partial charge is 0.302 e. The van der Waals surface area contributed by atoms with Gasteiger partial charge in [-0.15, -0.1) is 0 Å². The van der Waals surface area contributed by atoms with E-state index >= 15 is 0 Å². The summed E-state index contributed by atoms with van der Waals surface area (Å²) < 4.78 is 5.07. The molecule has 1 aliphatic heterocycles. The van der Waals surface area contributed by atoms with E-state index in [2.05, 4.69) is 0 Å². The Morgan fingerprint density at radius 1 is 1.54 bits per heavy atom. The number of rotatable bonds is 1. The number of β-lactam (4-membered cyclic amide) rings is 1. The lowest BCUT2D eigenvalue weighted by molar-refractivity contribution is -0.151. The molecule has 1 saturated heterocycles. The maximum absolute atomic E-state index is 11.3. The normalized spacial score (nSPS) is 36.9. The van der Waals surface area contributed by atoms with Crippen molar-refractivity contribution in [3.8, 4) is 0 Å². The maximum Gasteiger partial charge on any atom is 0.302 e. The van der Waals surface area contributed by atoms with Crippen LogP contribution in [0.25, 0.3) is 0 Å². The second-order valence-electron chi connectivity index (χ2n) is 3.83. The zero-order valence-electron chi connectivity index (χ0n) is 7.82. The van der Waals surface area contributed by atoms with Crippen LogP contribution in [0.1, 0.15) is 19.8 Å². The number of nitrogens with zero attached hydrogens (tertiary/aromatic N) is 1. The van der Waals surface area contributed by atoms with Crippen molar-refractivity contribution in [1.29, 1.82) is 0 Å². The first-order chi connectivity index (χ1) is 6.09. The molecule has 2 rings (SSSR count). The predicted molar refractivity (Wildman–Crippen MR) is 44.8 cm³/mol. The highest BCUT2D eigenvalue weighted by molar-refractivity contribution is 5.86. The van der Waals surface area contributed by atoms with Gasteiger partial charge in [-0.1, -0.05) is 0 Å². The summed E-state index contributed by atoms with van der Waals surface area (Å²) in [5.74, 6) is 0.0652. The number of hydrogen-bond donors (Lipinski definition) is 0. The van der Waals surface area contributed by atoms with E-state index in [0.29, 0.717) is 12.5 Å². The molecule has 72 valence electrons. The first kappa shape index (κ1) is 8.53. The van der Waals surface area contributed by atoms with Crippen LogP contribution in [0.5, 0.6) is 0 Å². The van der Waals surface area contributed by atoms with E-state index in [1.165, 1.54) is 6.92 Å². The molecule has 2 aliphatic rings. The van der Waals surface area contributed by atoms with Crippen molar-refractivity contribution in [3.05, 3.63) is 0 Å². The minimum Gasteiger partial charge on any atom is -0.462 e. The second-order valence-corrected chi connectivity index (χ2v) is 3.83. The highest BCUT2D eigenvalue weighted by Gasteiger charge is 2.52. The molecule has 1 amide bonds. The minimum absolute atomic E-state index is 0.0404. The van der Waals surface area contributed by atoms with Crippen molar-refractivity contribution in [2.24, 2.45) is 5.92 Å². The van der Waals surface area contributed by atoms with E-state index in [4.69, 9.17) is 4.74 Å². The molecule has 0 aromatic carbocycles. The third kappa shape index (κ3) is 1.20. The Balaban J connectivity index is 1.94. The SMILES string of the molecule is CC(=O)O[C@@H]1C[C@H]2C(=O)N(C)[C@H]2C1. The van der Waals surface area contributed by atoms with Crippen LogP contribution in [0.2, 0.25) is 0 Å². The average Bonchev–Trinajstić information content (AvgIpc) is 2.43. The molecule has 0 unspecified atom stereocenters. The molecule has 0 aromatic rings. The van der Waals surface area contributed by atoms with E-state index in [1.54, 1.807) is 11.9 Å². The first-order valence-electron chi connectivity index (χ1n) is 4.53. The quantitative estimate of drug-likeness (QED) is 0.430. The van der Waals surface area contributed by atoms with Crippen molar-refractivity contribution < 1.29 is 14.3 Å². The molecule has 1 aliphatic carbocycles. The summed E-state index contributed by atoms with van der Waals surface area (Å²) in [5, 5.41) is 0. The topological polar surface area (TPSA) is 46.6 Å². The fraction of sp³-hybridized carbons (Fsp3) is 0.778. The lowest BCUT2D eigenvalue weighted by Crippen LogP contribution is -2.55. The molecule has 0 radical (unpaired) electrons. The molecule has 3 atom stereocenters. The van der Waals surface area contributed by atoms with Crippen LogP contribution in [0.15, 0.2) is 0 Å². The number of carbonyl (C=O) groups excluding carboxylic acids is 2. The molecular formula is C9H13NO3. The monoisotopic (exact) mass is 183 g/mol. The third-order valence-electron chi connectivity index (χ3n) is 2.98. The van der Waals surface area contributed by atoms with Crippen LogP contribution in [0.4, 0.5) is 0 Å². The van der Waals surface area contributed by atoms with Crippen LogP contribution < -0.4 is 0 Å². The van der Waals surface area contributed by atoms with Crippen LogP contribution in [-0.2, 0) is 14.3 Å². The largest absolute Gasteiger partial charge is 0.462 e. The Kier molecular flexibility index (Phi) is 1.78. The Labute approximate surface area is 76.8 Å². The van der Waals surface area contributed by atoms with Gasteiger partial charge in [0.25, 0.3) is 0 Å². The van der Waals surface area contributed by atoms with Gasteiger partial charge in [-0.3, -0.25) is 9.59 Å². The van der Waals surface area contributed by atoms with E-state index in [0.717, 1.165) is 6.42 Å². The molecule has 1 saturated carbocycles. The highest BCUT2D eigenvalue weighted by Crippen LogP contribution is 2.40.